The number of carbonyl (C=O) groups is 1. The maximum Gasteiger partial charge on any atom is 0.318 e. The zero-order valence-electron chi connectivity index (χ0n) is 14.9. The molecule has 0 unspecified atom stereocenters. The van der Waals surface area contributed by atoms with Gasteiger partial charge >= 0.3 is 6.03 Å². The number of alkyl halides is 2. The maximum absolute atomic E-state index is 12.7. The summed E-state index contributed by atoms with van der Waals surface area (Å²) in [4.78, 5) is 24.4. The lowest BCUT2D eigenvalue weighted by Gasteiger charge is -2.44. The molecule has 7 nitrogen and oxygen atoms in total. The van der Waals surface area contributed by atoms with Gasteiger partial charge in [0.25, 0.3) is 6.43 Å². The van der Waals surface area contributed by atoms with Crippen LogP contribution in [0.1, 0.15) is 37.7 Å². The van der Waals surface area contributed by atoms with E-state index in [2.05, 4.69) is 20.2 Å². The van der Waals surface area contributed by atoms with Gasteiger partial charge in [0.2, 0.25) is 0 Å². The molecule has 2 aliphatic rings. The lowest BCUT2D eigenvalue weighted by atomic mass is 10.0. The second-order valence-electron chi connectivity index (χ2n) is 6.74. The number of amides is 2. The Morgan fingerprint density at radius 1 is 1.38 bits per heavy atom. The topological polar surface area (TPSA) is 70.6 Å². The fourth-order valence-electron chi connectivity index (χ4n) is 3.55. The predicted molar refractivity (Wildman–Crippen MR) is 90.8 cm³/mol. The fourth-order valence-corrected chi connectivity index (χ4v) is 3.55. The first kappa shape index (κ1) is 18.9. The third-order valence-electron chi connectivity index (χ3n) is 4.98. The van der Waals surface area contributed by atoms with Gasteiger partial charge in [0.1, 0.15) is 11.5 Å². The Morgan fingerprint density at radius 2 is 2.15 bits per heavy atom. The van der Waals surface area contributed by atoms with Gasteiger partial charge in [0, 0.05) is 51.1 Å². The van der Waals surface area contributed by atoms with E-state index in [1.54, 1.807) is 4.90 Å². The monoisotopic (exact) mass is 369 g/mol. The summed E-state index contributed by atoms with van der Waals surface area (Å²) in [6, 6.07) is 1.57. The summed E-state index contributed by atoms with van der Waals surface area (Å²) in [5.41, 5.74) is -0.331. The van der Waals surface area contributed by atoms with Gasteiger partial charge in [0.15, 0.2) is 0 Å². The molecule has 2 amide bonds. The molecule has 0 spiro atoms. The number of rotatable bonds is 4. The Kier molecular flexibility index (Phi) is 6.31. The van der Waals surface area contributed by atoms with Crippen LogP contribution in [0.15, 0.2) is 12.3 Å². The number of ether oxygens (including phenoxy) is 1. The Hall–Kier alpha value is -1.87. The van der Waals surface area contributed by atoms with Crippen molar-refractivity contribution in [2.24, 2.45) is 0 Å². The van der Waals surface area contributed by atoms with Crippen LogP contribution in [0.25, 0.3) is 0 Å². The first-order chi connectivity index (χ1) is 12.5. The minimum Gasteiger partial charge on any atom is -0.381 e. The van der Waals surface area contributed by atoms with Crippen LogP contribution in [0.2, 0.25) is 0 Å². The van der Waals surface area contributed by atoms with Gasteiger partial charge in [0.05, 0.1) is 6.54 Å². The van der Waals surface area contributed by atoms with Crippen LogP contribution in [0.4, 0.5) is 13.6 Å². The summed E-state index contributed by atoms with van der Waals surface area (Å²) in [6.45, 7) is 5.97. The molecule has 1 aromatic rings. The van der Waals surface area contributed by atoms with Crippen molar-refractivity contribution in [3.8, 4) is 0 Å². The van der Waals surface area contributed by atoms with Crippen LogP contribution < -0.4 is 5.32 Å². The molecule has 2 aliphatic heterocycles. The van der Waals surface area contributed by atoms with Crippen LogP contribution in [0, 0.1) is 0 Å². The van der Waals surface area contributed by atoms with Crippen molar-refractivity contribution in [1.82, 2.24) is 25.1 Å². The van der Waals surface area contributed by atoms with Gasteiger partial charge in [-0.15, -0.1) is 0 Å². The van der Waals surface area contributed by atoms with Crippen molar-refractivity contribution in [2.45, 2.75) is 44.8 Å². The highest BCUT2D eigenvalue weighted by Gasteiger charge is 2.31. The van der Waals surface area contributed by atoms with Crippen LogP contribution in [0.5, 0.6) is 0 Å². The summed E-state index contributed by atoms with van der Waals surface area (Å²) < 4.78 is 30.8. The fraction of sp³-hybridized carbons (Fsp3) is 0.706. The highest BCUT2D eigenvalue weighted by Crippen LogP contribution is 2.19. The van der Waals surface area contributed by atoms with Crippen molar-refractivity contribution >= 4 is 6.03 Å². The molecule has 3 rings (SSSR count). The summed E-state index contributed by atoms with van der Waals surface area (Å²) in [5.74, 6) is 0.185. The molecule has 0 aliphatic carbocycles. The minimum atomic E-state index is -2.65. The van der Waals surface area contributed by atoms with E-state index in [-0.39, 0.29) is 30.1 Å². The van der Waals surface area contributed by atoms with E-state index in [0.717, 1.165) is 39.1 Å². The molecular formula is C17H25F2N5O2. The Bertz CT molecular complexity index is 613. The molecule has 2 saturated heterocycles. The molecule has 0 bridgehead atoms. The molecule has 1 aromatic heterocycles. The largest absolute Gasteiger partial charge is 0.381 e. The quantitative estimate of drug-likeness (QED) is 0.877. The smallest absolute Gasteiger partial charge is 0.318 e. The molecule has 144 valence electrons. The Balaban J connectivity index is 1.50. The molecule has 1 atom stereocenters. The molecule has 0 radical (unpaired) electrons. The predicted octanol–water partition coefficient (Wildman–Crippen LogP) is 1.81. The molecule has 0 saturated carbocycles. The number of hydrogen-bond acceptors (Lipinski definition) is 5. The van der Waals surface area contributed by atoms with Crippen LogP contribution >= 0.6 is 0 Å². The second-order valence-corrected chi connectivity index (χ2v) is 6.74. The number of hydrogen-bond donors (Lipinski definition) is 1. The highest BCUT2D eigenvalue weighted by molar-refractivity contribution is 5.74. The molecule has 1 N–H and O–H groups in total. The van der Waals surface area contributed by atoms with E-state index < -0.39 is 6.43 Å². The van der Waals surface area contributed by atoms with Crippen molar-refractivity contribution in [3.63, 3.8) is 0 Å². The van der Waals surface area contributed by atoms with E-state index in [4.69, 9.17) is 4.74 Å². The van der Waals surface area contributed by atoms with Gasteiger partial charge in [-0.3, -0.25) is 4.90 Å². The standard InChI is InChI=1S/C17H25F2N5O2/c1-12-11-23(13-3-8-26-9-4-13)6-7-24(12)17(25)21-10-15-20-5-2-14(22-15)16(18)19/h2,5,12-13,16H,3-4,6-11H2,1H3,(H,21,25)/t12-/m0/s1. The van der Waals surface area contributed by atoms with E-state index in [9.17, 15) is 13.6 Å². The van der Waals surface area contributed by atoms with E-state index >= 15 is 0 Å². The third-order valence-corrected chi connectivity index (χ3v) is 4.98. The minimum absolute atomic E-state index is 0.0340. The summed E-state index contributed by atoms with van der Waals surface area (Å²) in [5, 5.41) is 2.74. The van der Waals surface area contributed by atoms with Gasteiger partial charge in [-0.25, -0.2) is 23.5 Å². The highest BCUT2D eigenvalue weighted by atomic mass is 19.3. The van der Waals surface area contributed by atoms with E-state index in [1.165, 1.54) is 12.3 Å². The lowest BCUT2D eigenvalue weighted by molar-refractivity contribution is 0.00698. The summed E-state index contributed by atoms with van der Waals surface area (Å²) >= 11 is 0. The summed E-state index contributed by atoms with van der Waals surface area (Å²) in [6.07, 6.45) is 0.712. The summed E-state index contributed by atoms with van der Waals surface area (Å²) in [7, 11) is 0. The molecule has 0 aromatic carbocycles. The first-order valence-electron chi connectivity index (χ1n) is 9.01. The SMILES string of the molecule is C[C@H]1CN(C2CCOCC2)CCN1C(=O)NCc1nccc(C(F)F)n1. The number of halogens is 2. The van der Waals surface area contributed by atoms with Crippen LogP contribution in [0.3, 0.4) is 0 Å². The lowest BCUT2D eigenvalue weighted by Crippen LogP contribution is -2.59. The molecular weight excluding hydrogens is 344 g/mol. The van der Waals surface area contributed by atoms with E-state index in [0.29, 0.717) is 12.6 Å². The molecule has 2 fully saturated rings. The average molecular weight is 369 g/mol. The molecule has 9 heteroatoms. The maximum atomic E-state index is 12.7. The van der Waals surface area contributed by atoms with Crippen molar-refractivity contribution < 1.29 is 18.3 Å². The molecule has 26 heavy (non-hydrogen) atoms. The number of nitrogens with zero attached hydrogens (tertiary/aromatic N) is 4. The Labute approximate surface area is 151 Å². The van der Waals surface area contributed by atoms with Gasteiger partial charge in [-0.05, 0) is 25.8 Å². The zero-order chi connectivity index (χ0) is 18.5. The van der Waals surface area contributed by atoms with Gasteiger partial charge < -0.3 is 15.0 Å². The van der Waals surface area contributed by atoms with Crippen molar-refractivity contribution in [1.29, 1.82) is 0 Å². The van der Waals surface area contributed by atoms with Crippen molar-refractivity contribution in [3.05, 3.63) is 23.8 Å². The average Bonchev–Trinajstić information content (AvgIpc) is 2.67. The number of piperazine rings is 1. The number of aromatic nitrogens is 2. The Morgan fingerprint density at radius 3 is 2.85 bits per heavy atom. The first-order valence-corrected chi connectivity index (χ1v) is 9.01. The van der Waals surface area contributed by atoms with Crippen LogP contribution in [-0.4, -0.2) is 70.7 Å². The van der Waals surface area contributed by atoms with E-state index in [1.807, 2.05) is 6.92 Å². The zero-order valence-corrected chi connectivity index (χ0v) is 14.9. The third kappa shape index (κ3) is 4.64. The molecule has 3 heterocycles. The van der Waals surface area contributed by atoms with Gasteiger partial charge in [-0.1, -0.05) is 0 Å². The number of carbonyl (C=O) groups excluding carboxylic acids is 1. The number of nitrogens with one attached hydrogen (secondary N) is 1. The number of urea groups is 1. The van der Waals surface area contributed by atoms with Crippen molar-refractivity contribution in [2.75, 3.05) is 32.8 Å². The second kappa shape index (κ2) is 8.68. The van der Waals surface area contributed by atoms with Crippen LogP contribution in [-0.2, 0) is 11.3 Å². The van der Waals surface area contributed by atoms with Gasteiger partial charge in [-0.2, -0.15) is 0 Å². The normalized spacial score (nSPS) is 22.6.